The highest BCUT2D eigenvalue weighted by atomic mass is 79.9. The topological polar surface area (TPSA) is 125 Å². The molecule has 0 aliphatic heterocycles. The quantitative estimate of drug-likeness (QED) is 0.472. The van der Waals surface area contributed by atoms with Gasteiger partial charge in [-0.25, -0.2) is 9.59 Å². The maximum Gasteiger partial charge on any atom is 0.408 e. The molecule has 0 aliphatic carbocycles. The van der Waals surface area contributed by atoms with Crippen LogP contribution in [0.15, 0.2) is 41.4 Å². The fourth-order valence-corrected chi connectivity index (χ4v) is 2.30. The molecule has 0 spiro atoms. The Kier molecular flexibility index (Phi) is 8.80. The number of aliphatic hydroxyl groups excluding tert-OH is 1. The third kappa shape index (κ3) is 7.66. The van der Waals surface area contributed by atoms with Crippen molar-refractivity contribution in [1.29, 1.82) is 0 Å². The Morgan fingerprint density at radius 1 is 1.23 bits per heavy atom. The van der Waals surface area contributed by atoms with Crippen LogP contribution in [0.2, 0.25) is 0 Å². The molecule has 1 aromatic carbocycles. The first kappa shape index (κ1) is 21.7. The van der Waals surface area contributed by atoms with Crippen molar-refractivity contribution in [2.75, 3.05) is 0 Å². The van der Waals surface area contributed by atoms with Crippen molar-refractivity contribution in [3.05, 3.63) is 47.0 Å². The van der Waals surface area contributed by atoms with Crippen molar-refractivity contribution in [3.8, 4) is 0 Å². The van der Waals surface area contributed by atoms with Crippen molar-refractivity contribution >= 4 is 33.9 Å². The number of hydrogen-bond donors (Lipinski definition) is 4. The van der Waals surface area contributed by atoms with E-state index in [1.165, 1.54) is 6.92 Å². The molecule has 0 aliphatic rings. The Balaban J connectivity index is 2.65. The molecule has 9 heteroatoms. The lowest BCUT2D eigenvalue weighted by Crippen LogP contribution is -2.55. The van der Waals surface area contributed by atoms with Gasteiger partial charge in [-0.05, 0) is 17.0 Å². The largest absolute Gasteiger partial charge is 0.480 e. The highest BCUT2D eigenvalue weighted by Gasteiger charge is 2.30. The minimum Gasteiger partial charge on any atom is -0.480 e. The molecule has 0 aromatic heterocycles. The van der Waals surface area contributed by atoms with Crippen LogP contribution in [-0.2, 0) is 20.9 Å². The van der Waals surface area contributed by atoms with Gasteiger partial charge in [-0.1, -0.05) is 52.8 Å². The SMILES string of the molecule is C=C(Br)C[C@H](NC(=O)[C@@H](NC(=O)OCc1ccccc1)[C@@H](C)O)C(=O)O. The zero-order valence-corrected chi connectivity index (χ0v) is 15.7. The number of carboxylic acid groups (broad SMARTS) is 1. The lowest BCUT2D eigenvalue weighted by atomic mass is 10.1. The molecule has 8 nitrogen and oxygen atoms in total. The smallest absolute Gasteiger partial charge is 0.408 e. The Morgan fingerprint density at radius 2 is 1.85 bits per heavy atom. The van der Waals surface area contributed by atoms with Gasteiger partial charge in [0.25, 0.3) is 0 Å². The predicted molar refractivity (Wildman–Crippen MR) is 97.5 cm³/mol. The molecule has 142 valence electrons. The average Bonchev–Trinajstić information content (AvgIpc) is 2.57. The molecule has 3 atom stereocenters. The van der Waals surface area contributed by atoms with Gasteiger partial charge in [0.1, 0.15) is 18.7 Å². The summed E-state index contributed by atoms with van der Waals surface area (Å²) in [6.45, 7) is 4.81. The number of aliphatic carboxylic acids is 1. The van der Waals surface area contributed by atoms with Crippen LogP contribution < -0.4 is 10.6 Å². The van der Waals surface area contributed by atoms with Crippen molar-refractivity contribution in [2.24, 2.45) is 0 Å². The number of ether oxygens (including phenoxy) is 1. The molecular weight excluding hydrogens is 408 g/mol. The molecular formula is C17H21BrN2O6. The summed E-state index contributed by atoms with van der Waals surface area (Å²) in [6.07, 6.45) is -2.22. The van der Waals surface area contributed by atoms with Gasteiger partial charge in [-0.15, -0.1) is 0 Å². The van der Waals surface area contributed by atoms with Crippen molar-refractivity contribution in [3.63, 3.8) is 0 Å². The number of carbonyl (C=O) groups excluding carboxylic acids is 2. The normalized spacial score (nSPS) is 13.8. The van der Waals surface area contributed by atoms with Crippen LogP contribution in [0.25, 0.3) is 0 Å². The highest BCUT2D eigenvalue weighted by molar-refractivity contribution is 9.11. The molecule has 4 N–H and O–H groups in total. The van der Waals surface area contributed by atoms with Crippen molar-refractivity contribution in [2.45, 2.75) is 38.1 Å². The summed E-state index contributed by atoms with van der Waals surface area (Å²) < 4.78 is 5.38. The molecule has 0 unspecified atom stereocenters. The number of amides is 2. The summed E-state index contributed by atoms with van der Waals surface area (Å²) in [7, 11) is 0. The van der Waals surface area contributed by atoms with Gasteiger partial charge in [0.2, 0.25) is 5.91 Å². The molecule has 0 bridgehead atoms. The molecule has 0 heterocycles. The second kappa shape index (κ2) is 10.6. The van der Waals surface area contributed by atoms with E-state index in [-0.39, 0.29) is 13.0 Å². The van der Waals surface area contributed by atoms with E-state index in [9.17, 15) is 19.5 Å². The summed E-state index contributed by atoms with van der Waals surface area (Å²) in [5, 5.41) is 23.4. The maximum absolute atomic E-state index is 12.2. The molecule has 0 fully saturated rings. The van der Waals surface area contributed by atoms with Gasteiger partial charge in [-0.2, -0.15) is 0 Å². The zero-order valence-electron chi connectivity index (χ0n) is 14.1. The summed E-state index contributed by atoms with van der Waals surface area (Å²) in [4.78, 5) is 35.3. The fourth-order valence-electron chi connectivity index (χ4n) is 1.98. The van der Waals surface area contributed by atoms with E-state index in [1.807, 2.05) is 6.07 Å². The molecule has 0 saturated heterocycles. The summed E-state index contributed by atoms with van der Waals surface area (Å²) in [5.74, 6) is -2.12. The van der Waals surface area contributed by atoms with E-state index >= 15 is 0 Å². The predicted octanol–water partition coefficient (Wildman–Crippen LogP) is 1.53. The standard InChI is InChI=1S/C17H21BrN2O6/c1-10(18)8-13(16(23)24)19-15(22)14(11(2)21)20-17(25)26-9-12-6-4-3-5-7-12/h3-7,11,13-14,21H,1,8-9H2,2H3,(H,19,22)(H,20,25)(H,23,24)/t11-,13+,14+/m1/s1. The molecule has 0 saturated carbocycles. The third-order valence-corrected chi connectivity index (χ3v) is 3.61. The van der Waals surface area contributed by atoms with E-state index < -0.39 is 36.2 Å². The first-order valence-corrected chi connectivity index (χ1v) is 8.51. The number of halogens is 1. The monoisotopic (exact) mass is 428 g/mol. The van der Waals surface area contributed by atoms with Crippen molar-refractivity contribution < 1.29 is 29.3 Å². The van der Waals surface area contributed by atoms with Gasteiger partial charge in [0, 0.05) is 6.42 Å². The summed E-state index contributed by atoms with van der Waals surface area (Å²) >= 11 is 3.03. The molecule has 0 radical (unpaired) electrons. The van der Waals surface area contributed by atoms with Crippen molar-refractivity contribution in [1.82, 2.24) is 10.6 Å². The number of aliphatic hydroxyl groups is 1. The third-order valence-electron chi connectivity index (χ3n) is 3.29. The van der Waals surface area contributed by atoms with E-state index in [0.29, 0.717) is 4.48 Å². The highest BCUT2D eigenvalue weighted by Crippen LogP contribution is 2.11. The Morgan fingerprint density at radius 3 is 2.35 bits per heavy atom. The minimum atomic E-state index is -1.37. The van der Waals surface area contributed by atoms with Crippen LogP contribution in [0.5, 0.6) is 0 Å². The minimum absolute atomic E-state index is 0.0119. The fraction of sp³-hybridized carbons (Fsp3) is 0.353. The Hall–Kier alpha value is -2.39. The molecule has 1 aromatic rings. The summed E-state index contributed by atoms with van der Waals surface area (Å²) in [6, 6.07) is 6.28. The van der Waals surface area contributed by atoms with Gasteiger partial charge in [-0.3, -0.25) is 4.79 Å². The average molecular weight is 429 g/mol. The maximum atomic E-state index is 12.2. The van der Waals surface area contributed by atoms with Gasteiger partial charge in [0.15, 0.2) is 0 Å². The van der Waals surface area contributed by atoms with Gasteiger partial charge < -0.3 is 25.6 Å². The van der Waals surface area contributed by atoms with E-state index in [0.717, 1.165) is 5.56 Å². The van der Waals surface area contributed by atoms with Gasteiger partial charge in [0.05, 0.1) is 6.10 Å². The molecule has 1 rings (SSSR count). The number of nitrogens with one attached hydrogen (secondary N) is 2. The van der Waals surface area contributed by atoms with Crippen LogP contribution in [0.4, 0.5) is 4.79 Å². The van der Waals surface area contributed by atoms with E-state index in [2.05, 4.69) is 33.1 Å². The first-order valence-electron chi connectivity index (χ1n) is 7.72. The Bertz CT molecular complexity index is 650. The van der Waals surface area contributed by atoms with Crippen LogP contribution in [0, 0.1) is 0 Å². The number of carbonyl (C=O) groups is 3. The van der Waals surface area contributed by atoms with Crippen LogP contribution in [-0.4, -0.2) is 46.4 Å². The number of rotatable bonds is 9. The van der Waals surface area contributed by atoms with E-state index in [1.54, 1.807) is 24.3 Å². The summed E-state index contributed by atoms with van der Waals surface area (Å²) in [5.41, 5.74) is 0.752. The molecule has 2 amide bonds. The van der Waals surface area contributed by atoms with E-state index in [4.69, 9.17) is 9.84 Å². The lowest BCUT2D eigenvalue weighted by Gasteiger charge is -2.23. The number of hydrogen-bond acceptors (Lipinski definition) is 5. The second-order valence-electron chi connectivity index (χ2n) is 5.55. The number of alkyl carbamates (subject to hydrolysis) is 1. The number of carboxylic acids is 1. The van der Waals surface area contributed by atoms with Crippen LogP contribution in [0.3, 0.4) is 0 Å². The zero-order chi connectivity index (χ0) is 19.7. The Labute approximate surface area is 159 Å². The first-order chi connectivity index (χ1) is 12.2. The van der Waals surface area contributed by atoms with Crippen LogP contribution >= 0.6 is 15.9 Å². The number of benzene rings is 1. The second-order valence-corrected chi connectivity index (χ2v) is 6.67. The van der Waals surface area contributed by atoms with Gasteiger partial charge >= 0.3 is 12.1 Å². The van der Waals surface area contributed by atoms with Crippen LogP contribution in [0.1, 0.15) is 18.9 Å². The molecule has 26 heavy (non-hydrogen) atoms. The lowest BCUT2D eigenvalue weighted by molar-refractivity contribution is -0.142.